The third-order valence-electron chi connectivity index (χ3n) is 2.23. The first kappa shape index (κ1) is 13.8. The lowest BCUT2D eigenvalue weighted by Gasteiger charge is -2.27. The van der Waals surface area contributed by atoms with Gasteiger partial charge in [0.15, 0.2) is 0 Å². The van der Waals surface area contributed by atoms with Crippen molar-refractivity contribution in [3.63, 3.8) is 0 Å². The average Bonchev–Trinajstić information content (AvgIpc) is 2.17. The molecule has 0 aliphatic rings. The van der Waals surface area contributed by atoms with Crippen molar-refractivity contribution in [2.45, 2.75) is 32.2 Å². The average molecular weight is 219 g/mol. The van der Waals surface area contributed by atoms with E-state index in [1.165, 1.54) is 7.11 Å². The van der Waals surface area contributed by atoms with Gasteiger partial charge < -0.3 is 10.1 Å². The summed E-state index contributed by atoms with van der Waals surface area (Å²) < 4.78 is 4.79. The van der Waals surface area contributed by atoms with E-state index in [2.05, 4.69) is 11.6 Å². The second-order valence-electron chi connectivity index (χ2n) is 3.45. The maximum absolute atomic E-state index is 11.5. The van der Waals surface area contributed by atoms with E-state index in [0.29, 0.717) is 0 Å². The maximum atomic E-state index is 11.5. The van der Waals surface area contributed by atoms with E-state index in [9.17, 15) is 4.79 Å². The van der Waals surface area contributed by atoms with Crippen LogP contribution in [0.4, 0.5) is 0 Å². The topological polar surface area (TPSA) is 38.3 Å². The van der Waals surface area contributed by atoms with Crippen LogP contribution in [0.1, 0.15) is 26.7 Å². The van der Waals surface area contributed by atoms with E-state index in [0.717, 1.165) is 25.1 Å². The molecule has 1 atom stereocenters. The first-order chi connectivity index (χ1) is 6.60. The van der Waals surface area contributed by atoms with Crippen LogP contribution in [0.5, 0.6) is 0 Å². The van der Waals surface area contributed by atoms with Gasteiger partial charge in [-0.3, -0.25) is 4.79 Å². The molecule has 0 spiro atoms. The highest BCUT2D eigenvalue weighted by Gasteiger charge is 2.32. The molecule has 0 bridgehead atoms. The zero-order valence-corrected chi connectivity index (χ0v) is 10.4. The number of methoxy groups -OCH3 is 1. The molecule has 84 valence electrons. The van der Waals surface area contributed by atoms with E-state index < -0.39 is 5.54 Å². The lowest BCUT2D eigenvalue weighted by Crippen LogP contribution is -2.50. The number of ether oxygens (including phenoxy) is 1. The number of nitrogens with one attached hydrogen (secondary N) is 1. The van der Waals surface area contributed by atoms with Crippen molar-refractivity contribution >= 4 is 17.7 Å². The highest BCUT2D eigenvalue weighted by Crippen LogP contribution is 2.15. The molecule has 14 heavy (non-hydrogen) atoms. The number of hydrogen-bond acceptors (Lipinski definition) is 4. The molecule has 0 fully saturated rings. The van der Waals surface area contributed by atoms with Crippen LogP contribution < -0.4 is 5.32 Å². The van der Waals surface area contributed by atoms with E-state index in [-0.39, 0.29) is 5.97 Å². The molecule has 0 heterocycles. The molecule has 0 rings (SSSR count). The summed E-state index contributed by atoms with van der Waals surface area (Å²) in [6, 6.07) is 0. The number of likely N-dealkylation sites (N-methyl/N-ethyl adjacent to an activating group) is 1. The first-order valence-electron chi connectivity index (χ1n) is 4.93. The van der Waals surface area contributed by atoms with Gasteiger partial charge in [-0.15, -0.1) is 0 Å². The molecular formula is C10H21NO2S. The third kappa shape index (κ3) is 4.33. The Balaban J connectivity index is 4.16. The molecule has 1 N–H and O–H groups in total. The fourth-order valence-electron chi connectivity index (χ4n) is 1.45. The second kappa shape index (κ2) is 7.12. The van der Waals surface area contributed by atoms with Crippen molar-refractivity contribution in [1.82, 2.24) is 5.32 Å². The Labute approximate surface area is 91.0 Å². The van der Waals surface area contributed by atoms with Crippen LogP contribution in [0, 0.1) is 0 Å². The number of hydrogen-bond donors (Lipinski definition) is 1. The minimum absolute atomic E-state index is 0.166. The smallest absolute Gasteiger partial charge is 0.325 e. The SMILES string of the molecule is CCNC(C)(CCCSC)C(=O)OC. The molecule has 0 aromatic carbocycles. The molecule has 0 aromatic rings. The van der Waals surface area contributed by atoms with E-state index in [4.69, 9.17) is 4.74 Å². The van der Waals surface area contributed by atoms with Crippen LogP contribution in [0.25, 0.3) is 0 Å². The van der Waals surface area contributed by atoms with Gasteiger partial charge in [-0.25, -0.2) is 0 Å². The molecule has 0 aromatic heterocycles. The molecule has 0 radical (unpaired) electrons. The van der Waals surface area contributed by atoms with E-state index in [1.807, 2.05) is 13.8 Å². The lowest BCUT2D eigenvalue weighted by molar-refractivity contribution is -0.148. The summed E-state index contributed by atoms with van der Waals surface area (Å²) in [6.07, 6.45) is 3.93. The number of thioether (sulfide) groups is 1. The van der Waals surface area contributed by atoms with Gasteiger partial charge in [-0.05, 0) is 38.3 Å². The van der Waals surface area contributed by atoms with Gasteiger partial charge in [0.2, 0.25) is 0 Å². The minimum Gasteiger partial charge on any atom is -0.468 e. The van der Waals surface area contributed by atoms with Gasteiger partial charge in [-0.1, -0.05) is 6.92 Å². The fraction of sp³-hybridized carbons (Fsp3) is 0.900. The molecule has 1 unspecified atom stereocenters. The standard InChI is InChI=1S/C10H21NO2S/c1-5-11-10(2,9(12)13-3)7-6-8-14-4/h11H,5-8H2,1-4H3. The summed E-state index contributed by atoms with van der Waals surface area (Å²) in [4.78, 5) is 11.5. The number of esters is 1. The number of carbonyl (C=O) groups excluding carboxylic acids is 1. The Morgan fingerprint density at radius 3 is 2.64 bits per heavy atom. The predicted molar refractivity (Wildman–Crippen MR) is 61.7 cm³/mol. The molecule has 0 saturated heterocycles. The van der Waals surface area contributed by atoms with Gasteiger partial charge >= 0.3 is 5.97 Å². The Hall–Kier alpha value is -0.220. The van der Waals surface area contributed by atoms with Gasteiger partial charge in [0, 0.05) is 0 Å². The molecule has 0 aliphatic heterocycles. The van der Waals surface area contributed by atoms with Crippen molar-refractivity contribution in [1.29, 1.82) is 0 Å². The van der Waals surface area contributed by atoms with Gasteiger partial charge in [0.1, 0.15) is 5.54 Å². The summed E-state index contributed by atoms with van der Waals surface area (Å²) >= 11 is 1.80. The Morgan fingerprint density at radius 2 is 2.21 bits per heavy atom. The largest absolute Gasteiger partial charge is 0.468 e. The zero-order chi connectivity index (χ0) is 11.0. The Morgan fingerprint density at radius 1 is 1.57 bits per heavy atom. The molecule has 0 saturated carbocycles. The molecular weight excluding hydrogens is 198 g/mol. The third-order valence-corrected chi connectivity index (χ3v) is 2.93. The minimum atomic E-state index is -0.515. The van der Waals surface area contributed by atoms with Crippen molar-refractivity contribution in [2.75, 3.05) is 25.7 Å². The summed E-state index contributed by atoms with van der Waals surface area (Å²) in [6.45, 7) is 4.68. The van der Waals surface area contributed by atoms with Gasteiger partial charge in [-0.2, -0.15) is 11.8 Å². The second-order valence-corrected chi connectivity index (χ2v) is 4.44. The summed E-state index contributed by atoms with van der Waals surface area (Å²) in [7, 11) is 1.44. The quantitative estimate of drug-likeness (QED) is 0.522. The first-order valence-corrected chi connectivity index (χ1v) is 6.32. The monoisotopic (exact) mass is 219 g/mol. The molecule has 4 heteroatoms. The number of carbonyl (C=O) groups is 1. The highest BCUT2D eigenvalue weighted by molar-refractivity contribution is 7.98. The highest BCUT2D eigenvalue weighted by atomic mass is 32.2. The molecule has 0 aliphatic carbocycles. The van der Waals surface area contributed by atoms with Crippen LogP contribution in [-0.4, -0.2) is 37.2 Å². The Bertz CT molecular complexity index is 176. The van der Waals surface area contributed by atoms with Crippen LogP contribution in [0.3, 0.4) is 0 Å². The van der Waals surface area contributed by atoms with Crippen LogP contribution in [0.15, 0.2) is 0 Å². The van der Waals surface area contributed by atoms with Crippen LogP contribution in [-0.2, 0) is 9.53 Å². The maximum Gasteiger partial charge on any atom is 0.325 e. The molecule has 0 amide bonds. The van der Waals surface area contributed by atoms with E-state index in [1.54, 1.807) is 11.8 Å². The normalized spacial score (nSPS) is 14.9. The van der Waals surface area contributed by atoms with Crippen molar-refractivity contribution < 1.29 is 9.53 Å². The summed E-state index contributed by atoms with van der Waals surface area (Å²) in [5, 5.41) is 3.18. The van der Waals surface area contributed by atoms with Crippen molar-refractivity contribution in [3.8, 4) is 0 Å². The van der Waals surface area contributed by atoms with Crippen LogP contribution >= 0.6 is 11.8 Å². The van der Waals surface area contributed by atoms with E-state index >= 15 is 0 Å². The summed E-state index contributed by atoms with van der Waals surface area (Å²) in [5.74, 6) is 0.915. The zero-order valence-electron chi connectivity index (χ0n) is 9.55. The van der Waals surface area contributed by atoms with Crippen molar-refractivity contribution in [3.05, 3.63) is 0 Å². The van der Waals surface area contributed by atoms with Gasteiger partial charge in [0.25, 0.3) is 0 Å². The number of rotatable bonds is 7. The van der Waals surface area contributed by atoms with Crippen LogP contribution in [0.2, 0.25) is 0 Å². The lowest BCUT2D eigenvalue weighted by atomic mass is 9.96. The Kier molecular flexibility index (Phi) is 7.01. The fourth-order valence-corrected chi connectivity index (χ4v) is 1.88. The molecule has 3 nitrogen and oxygen atoms in total. The predicted octanol–water partition coefficient (Wildman–Crippen LogP) is 1.67. The van der Waals surface area contributed by atoms with Gasteiger partial charge in [0.05, 0.1) is 7.11 Å². The van der Waals surface area contributed by atoms with Crippen molar-refractivity contribution in [2.24, 2.45) is 0 Å². The summed E-state index contributed by atoms with van der Waals surface area (Å²) in [5.41, 5.74) is -0.515.